The van der Waals surface area contributed by atoms with E-state index in [-0.39, 0.29) is 13.2 Å². The normalized spacial score (nSPS) is 8.64. The molecule has 78 valence electrons. The SMILES string of the molecule is C=CC(=O)OCCOC(=O)NC(C)=O. The highest BCUT2D eigenvalue weighted by atomic mass is 16.6. The lowest BCUT2D eigenvalue weighted by molar-refractivity contribution is -0.138. The molecule has 0 aliphatic heterocycles. The highest BCUT2D eigenvalue weighted by Gasteiger charge is 2.03. The van der Waals surface area contributed by atoms with E-state index in [9.17, 15) is 14.4 Å². The summed E-state index contributed by atoms with van der Waals surface area (Å²) >= 11 is 0. The Balaban J connectivity index is 3.45. The maximum absolute atomic E-state index is 10.7. The van der Waals surface area contributed by atoms with Gasteiger partial charge in [-0.15, -0.1) is 0 Å². The molecule has 0 rings (SSSR count). The van der Waals surface area contributed by atoms with Crippen LogP contribution in [0.3, 0.4) is 0 Å². The van der Waals surface area contributed by atoms with Gasteiger partial charge in [-0.25, -0.2) is 9.59 Å². The number of nitrogens with one attached hydrogen (secondary N) is 1. The number of amides is 2. The van der Waals surface area contributed by atoms with E-state index >= 15 is 0 Å². The summed E-state index contributed by atoms with van der Waals surface area (Å²) in [5, 5.41) is 1.88. The van der Waals surface area contributed by atoms with Gasteiger partial charge in [-0.3, -0.25) is 10.1 Å². The largest absolute Gasteiger partial charge is 0.459 e. The zero-order valence-electron chi connectivity index (χ0n) is 7.74. The first-order chi connectivity index (χ1) is 6.56. The maximum Gasteiger partial charge on any atom is 0.413 e. The molecule has 0 aromatic heterocycles. The van der Waals surface area contributed by atoms with Crippen LogP contribution in [0.25, 0.3) is 0 Å². The van der Waals surface area contributed by atoms with Gasteiger partial charge in [-0.05, 0) is 0 Å². The van der Waals surface area contributed by atoms with Crippen molar-refractivity contribution in [2.75, 3.05) is 13.2 Å². The number of esters is 1. The van der Waals surface area contributed by atoms with Crippen LogP contribution in [0.5, 0.6) is 0 Å². The molecule has 0 atom stereocenters. The van der Waals surface area contributed by atoms with Crippen LogP contribution < -0.4 is 5.32 Å². The number of hydrogen-bond acceptors (Lipinski definition) is 5. The summed E-state index contributed by atoms with van der Waals surface area (Å²) in [6.07, 6.45) is 0.127. The lowest BCUT2D eigenvalue weighted by atomic mass is 10.6. The summed E-state index contributed by atoms with van der Waals surface area (Å²) in [6.45, 7) is 4.17. The van der Waals surface area contributed by atoms with Crippen LogP contribution >= 0.6 is 0 Å². The van der Waals surface area contributed by atoms with Crippen LogP contribution in [0.4, 0.5) is 4.79 Å². The molecule has 0 saturated heterocycles. The molecule has 1 N–H and O–H groups in total. The van der Waals surface area contributed by atoms with Crippen LogP contribution in [0.15, 0.2) is 12.7 Å². The monoisotopic (exact) mass is 201 g/mol. The van der Waals surface area contributed by atoms with E-state index < -0.39 is 18.0 Å². The maximum atomic E-state index is 10.7. The van der Waals surface area contributed by atoms with Gasteiger partial charge in [0, 0.05) is 13.0 Å². The quantitative estimate of drug-likeness (QED) is 0.393. The second kappa shape index (κ2) is 6.64. The number of alkyl carbamates (subject to hydrolysis) is 1. The minimum Gasteiger partial charge on any atom is -0.459 e. The molecule has 0 aromatic rings. The van der Waals surface area contributed by atoms with Crippen molar-refractivity contribution in [2.24, 2.45) is 0 Å². The van der Waals surface area contributed by atoms with E-state index in [1.165, 1.54) is 6.92 Å². The molecule has 0 aromatic carbocycles. The summed E-state index contributed by atoms with van der Waals surface area (Å²) < 4.78 is 8.96. The number of imide groups is 1. The molecule has 0 unspecified atom stereocenters. The number of carbonyl (C=O) groups is 3. The molecule has 0 bridgehead atoms. The van der Waals surface area contributed by atoms with E-state index in [1.807, 2.05) is 5.32 Å². The zero-order chi connectivity index (χ0) is 11.0. The summed E-state index contributed by atoms with van der Waals surface area (Å²) in [4.78, 5) is 31.5. The lowest BCUT2D eigenvalue weighted by Crippen LogP contribution is -2.29. The molecule has 0 fully saturated rings. The van der Waals surface area contributed by atoms with Gasteiger partial charge >= 0.3 is 12.1 Å². The van der Waals surface area contributed by atoms with Crippen molar-refractivity contribution in [1.29, 1.82) is 0 Å². The first-order valence-electron chi connectivity index (χ1n) is 3.79. The number of ether oxygens (including phenoxy) is 2. The second-order valence-corrected chi connectivity index (χ2v) is 2.19. The van der Waals surface area contributed by atoms with Gasteiger partial charge in [-0.2, -0.15) is 0 Å². The second-order valence-electron chi connectivity index (χ2n) is 2.19. The first-order valence-corrected chi connectivity index (χ1v) is 3.79. The van der Waals surface area contributed by atoms with Crippen molar-refractivity contribution in [3.63, 3.8) is 0 Å². The molecule has 0 aliphatic carbocycles. The first kappa shape index (κ1) is 12.2. The van der Waals surface area contributed by atoms with Crippen LogP contribution in [-0.2, 0) is 19.1 Å². The van der Waals surface area contributed by atoms with E-state index in [1.54, 1.807) is 0 Å². The van der Waals surface area contributed by atoms with Gasteiger partial charge in [0.05, 0.1) is 0 Å². The van der Waals surface area contributed by atoms with Gasteiger partial charge in [0.1, 0.15) is 13.2 Å². The molecule has 0 aliphatic rings. The fourth-order valence-corrected chi connectivity index (χ4v) is 0.515. The van der Waals surface area contributed by atoms with Crippen LogP contribution in [0, 0.1) is 0 Å². The fourth-order valence-electron chi connectivity index (χ4n) is 0.515. The van der Waals surface area contributed by atoms with Gasteiger partial charge in [0.2, 0.25) is 5.91 Å². The molecule has 14 heavy (non-hydrogen) atoms. The number of carbonyl (C=O) groups excluding carboxylic acids is 3. The van der Waals surface area contributed by atoms with Crippen LogP contribution in [0.1, 0.15) is 6.92 Å². The molecule has 0 saturated carbocycles. The Bertz CT molecular complexity index is 248. The molecule has 6 nitrogen and oxygen atoms in total. The van der Waals surface area contributed by atoms with Crippen molar-refractivity contribution in [2.45, 2.75) is 6.92 Å². The Kier molecular flexibility index (Phi) is 5.77. The highest BCUT2D eigenvalue weighted by molar-refractivity contribution is 5.90. The molecule has 0 spiro atoms. The van der Waals surface area contributed by atoms with E-state index in [2.05, 4.69) is 16.1 Å². The molecular formula is C8H11NO5. The third-order valence-corrected chi connectivity index (χ3v) is 1.01. The van der Waals surface area contributed by atoms with Gasteiger partial charge in [0.25, 0.3) is 0 Å². The molecular weight excluding hydrogens is 190 g/mol. The molecule has 2 amide bonds. The number of hydrogen-bond donors (Lipinski definition) is 1. The Labute approximate surface area is 80.9 Å². The highest BCUT2D eigenvalue weighted by Crippen LogP contribution is 1.82. The van der Waals surface area contributed by atoms with Crippen LogP contribution in [-0.4, -0.2) is 31.2 Å². The predicted octanol–water partition coefficient (Wildman–Crippen LogP) is -0.0117. The summed E-state index contributed by atoms with van der Waals surface area (Å²) in [7, 11) is 0. The predicted molar refractivity (Wildman–Crippen MR) is 46.3 cm³/mol. The zero-order valence-corrected chi connectivity index (χ0v) is 7.74. The average Bonchev–Trinajstić information content (AvgIpc) is 2.10. The Morgan fingerprint density at radius 3 is 2.36 bits per heavy atom. The van der Waals surface area contributed by atoms with Gasteiger partial charge in [0.15, 0.2) is 0 Å². The third-order valence-electron chi connectivity index (χ3n) is 1.01. The number of rotatable bonds is 4. The van der Waals surface area contributed by atoms with Crippen molar-refractivity contribution >= 4 is 18.0 Å². The smallest absolute Gasteiger partial charge is 0.413 e. The van der Waals surface area contributed by atoms with E-state index in [4.69, 9.17) is 0 Å². The van der Waals surface area contributed by atoms with Gasteiger partial charge in [-0.1, -0.05) is 6.58 Å². The lowest BCUT2D eigenvalue weighted by Gasteiger charge is -2.04. The van der Waals surface area contributed by atoms with E-state index in [0.717, 1.165) is 6.08 Å². The Morgan fingerprint density at radius 2 is 1.86 bits per heavy atom. The Morgan fingerprint density at radius 1 is 1.29 bits per heavy atom. The topological polar surface area (TPSA) is 81.7 Å². The standard InChI is InChI=1S/C8H11NO5/c1-3-7(11)13-4-5-14-8(12)9-6(2)10/h3H,1,4-5H2,2H3,(H,9,10,12). The van der Waals surface area contributed by atoms with Crippen LogP contribution in [0.2, 0.25) is 0 Å². The van der Waals surface area contributed by atoms with Crippen molar-refractivity contribution in [3.8, 4) is 0 Å². The van der Waals surface area contributed by atoms with Gasteiger partial charge < -0.3 is 9.47 Å². The molecule has 0 heterocycles. The summed E-state index contributed by atoms with van der Waals surface area (Å²) in [6, 6.07) is 0. The minimum absolute atomic E-state index is 0.0732. The summed E-state index contributed by atoms with van der Waals surface area (Å²) in [5.41, 5.74) is 0. The fraction of sp³-hybridized carbons (Fsp3) is 0.375. The average molecular weight is 201 g/mol. The molecule has 0 radical (unpaired) electrons. The summed E-state index contributed by atoms with van der Waals surface area (Å²) in [5.74, 6) is -1.11. The Hall–Kier alpha value is -1.85. The minimum atomic E-state index is -0.868. The van der Waals surface area contributed by atoms with Crippen molar-refractivity contribution < 1.29 is 23.9 Å². The third kappa shape index (κ3) is 6.84. The van der Waals surface area contributed by atoms with Crippen molar-refractivity contribution in [3.05, 3.63) is 12.7 Å². The van der Waals surface area contributed by atoms with Crippen molar-refractivity contribution in [1.82, 2.24) is 5.32 Å². The van der Waals surface area contributed by atoms with E-state index in [0.29, 0.717) is 0 Å². The molecule has 6 heteroatoms.